The number of amides is 2. The van der Waals surface area contributed by atoms with Crippen LogP contribution in [0.5, 0.6) is 0 Å². The Kier molecular flexibility index (Phi) is 5.64. The van der Waals surface area contributed by atoms with Crippen LogP contribution in [0.25, 0.3) is 0 Å². The van der Waals surface area contributed by atoms with Gasteiger partial charge in [-0.1, -0.05) is 6.92 Å². The van der Waals surface area contributed by atoms with Crippen LogP contribution in [-0.4, -0.2) is 22.8 Å². The van der Waals surface area contributed by atoms with E-state index in [-0.39, 0.29) is 5.92 Å². The number of carboxylic acids is 1. The standard InChI is InChI=1S/C11H21N3O3/c1-7(11(3,4)9(15)16)5-6-8(2)13-14-10(12)17/h7H,5-6H2,1-4H3,(H,15,16)(H3,12,14,17). The number of hydrogen-bond donors (Lipinski definition) is 3. The van der Waals surface area contributed by atoms with Gasteiger partial charge < -0.3 is 10.8 Å². The molecule has 1 unspecified atom stereocenters. The molecule has 98 valence electrons. The number of rotatable bonds is 6. The monoisotopic (exact) mass is 243 g/mol. The molecule has 0 rings (SSSR count). The molecule has 0 heterocycles. The Morgan fingerprint density at radius 2 is 2.00 bits per heavy atom. The first kappa shape index (κ1) is 15.4. The van der Waals surface area contributed by atoms with Crippen LogP contribution < -0.4 is 11.2 Å². The van der Waals surface area contributed by atoms with Crippen molar-refractivity contribution in [1.29, 1.82) is 0 Å². The highest BCUT2D eigenvalue weighted by Crippen LogP contribution is 2.30. The van der Waals surface area contributed by atoms with Crippen molar-refractivity contribution in [2.45, 2.75) is 40.5 Å². The first-order chi connectivity index (χ1) is 7.67. The second kappa shape index (κ2) is 6.22. The quantitative estimate of drug-likeness (QED) is 0.487. The van der Waals surface area contributed by atoms with Gasteiger partial charge in [-0.25, -0.2) is 10.2 Å². The number of carboxylic acid groups (broad SMARTS) is 1. The van der Waals surface area contributed by atoms with Crippen molar-refractivity contribution in [1.82, 2.24) is 5.43 Å². The number of hydrogen-bond acceptors (Lipinski definition) is 3. The van der Waals surface area contributed by atoms with Gasteiger partial charge in [-0.3, -0.25) is 4.79 Å². The minimum atomic E-state index is -0.810. The molecule has 0 aromatic carbocycles. The average molecular weight is 243 g/mol. The summed E-state index contributed by atoms with van der Waals surface area (Å²) in [4.78, 5) is 21.4. The SMILES string of the molecule is CC(CCC(C)C(C)(C)C(=O)O)=NNC(N)=O. The summed E-state index contributed by atoms with van der Waals surface area (Å²) in [6.45, 7) is 7.06. The third-order valence-corrected chi connectivity index (χ3v) is 3.08. The van der Waals surface area contributed by atoms with Crippen LogP contribution in [0, 0.1) is 11.3 Å². The topological polar surface area (TPSA) is 105 Å². The molecule has 0 fully saturated rings. The highest BCUT2D eigenvalue weighted by Gasteiger charge is 2.33. The summed E-state index contributed by atoms with van der Waals surface area (Å²) in [5.74, 6) is -0.798. The maximum absolute atomic E-state index is 11.0. The summed E-state index contributed by atoms with van der Waals surface area (Å²) in [5.41, 5.74) is 6.96. The highest BCUT2D eigenvalue weighted by molar-refractivity contribution is 5.83. The number of carbonyl (C=O) groups is 2. The van der Waals surface area contributed by atoms with Crippen molar-refractivity contribution in [2.24, 2.45) is 22.2 Å². The van der Waals surface area contributed by atoms with Gasteiger partial charge in [0.25, 0.3) is 0 Å². The van der Waals surface area contributed by atoms with Gasteiger partial charge in [0.2, 0.25) is 0 Å². The van der Waals surface area contributed by atoms with Crippen LogP contribution in [0.4, 0.5) is 4.79 Å². The zero-order valence-corrected chi connectivity index (χ0v) is 10.8. The van der Waals surface area contributed by atoms with E-state index in [2.05, 4.69) is 10.5 Å². The summed E-state index contributed by atoms with van der Waals surface area (Å²) < 4.78 is 0. The fraction of sp³-hybridized carbons (Fsp3) is 0.727. The summed E-state index contributed by atoms with van der Waals surface area (Å²) in [6.07, 6.45) is 1.31. The molecular weight excluding hydrogens is 222 g/mol. The number of hydrazone groups is 1. The zero-order valence-electron chi connectivity index (χ0n) is 10.8. The third-order valence-electron chi connectivity index (χ3n) is 3.08. The van der Waals surface area contributed by atoms with Crippen molar-refractivity contribution in [3.05, 3.63) is 0 Å². The van der Waals surface area contributed by atoms with Gasteiger partial charge in [0.1, 0.15) is 0 Å². The Balaban J connectivity index is 4.25. The molecule has 4 N–H and O–H groups in total. The van der Waals surface area contributed by atoms with E-state index >= 15 is 0 Å². The molecule has 0 aliphatic heterocycles. The Bertz CT molecular complexity index is 324. The van der Waals surface area contributed by atoms with Crippen LogP contribution in [0.3, 0.4) is 0 Å². The Morgan fingerprint density at radius 3 is 2.41 bits per heavy atom. The second-order valence-corrected chi connectivity index (χ2v) is 4.79. The first-order valence-electron chi connectivity index (χ1n) is 5.50. The number of urea groups is 1. The van der Waals surface area contributed by atoms with Crippen LogP contribution in [0.1, 0.15) is 40.5 Å². The average Bonchev–Trinajstić information content (AvgIpc) is 2.22. The largest absolute Gasteiger partial charge is 0.481 e. The molecule has 0 saturated carbocycles. The van der Waals surface area contributed by atoms with E-state index in [1.54, 1.807) is 20.8 Å². The minimum absolute atomic E-state index is 0.0127. The molecule has 1 atom stereocenters. The maximum Gasteiger partial charge on any atom is 0.332 e. The molecule has 0 saturated heterocycles. The lowest BCUT2D eigenvalue weighted by molar-refractivity contribution is -0.149. The zero-order chi connectivity index (χ0) is 13.6. The first-order valence-corrected chi connectivity index (χ1v) is 5.50. The highest BCUT2D eigenvalue weighted by atomic mass is 16.4. The number of primary amides is 1. The van der Waals surface area contributed by atoms with Crippen LogP contribution >= 0.6 is 0 Å². The Labute approximate surface area is 101 Å². The molecule has 0 radical (unpaired) electrons. The van der Waals surface area contributed by atoms with Gasteiger partial charge >= 0.3 is 12.0 Å². The van der Waals surface area contributed by atoms with Crippen molar-refractivity contribution in [3.63, 3.8) is 0 Å². The second-order valence-electron chi connectivity index (χ2n) is 4.79. The minimum Gasteiger partial charge on any atom is -0.481 e. The van der Waals surface area contributed by atoms with Crippen molar-refractivity contribution in [3.8, 4) is 0 Å². The van der Waals surface area contributed by atoms with Crippen LogP contribution in [0.15, 0.2) is 5.10 Å². The Hall–Kier alpha value is -1.59. The molecule has 6 nitrogen and oxygen atoms in total. The van der Waals surface area contributed by atoms with Gasteiger partial charge in [0.15, 0.2) is 0 Å². The third kappa shape index (κ3) is 5.33. The van der Waals surface area contributed by atoms with E-state index in [0.717, 1.165) is 5.71 Å². The molecule has 0 aliphatic rings. The van der Waals surface area contributed by atoms with E-state index in [4.69, 9.17) is 10.8 Å². The number of nitrogens with one attached hydrogen (secondary N) is 1. The van der Waals surface area contributed by atoms with Crippen molar-refractivity contribution < 1.29 is 14.7 Å². The smallest absolute Gasteiger partial charge is 0.332 e. The lowest BCUT2D eigenvalue weighted by Crippen LogP contribution is -2.31. The maximum atomic E-state index is 11.0. The lowest BCUT2D eigenvalue weighted by Gasteiger charge is -2.27. The number of aliphatic carboxylic acids is 1. The number of carbonyl (C=O) groups excluding carboxylic acids is 1. The molecular formula is C11H21N3O3. The molecule has 0 spiro atoms. The lowest BCUT2D eigenvalue weighted by atomic mass is 9.77. The molecule has 0 bridgehead atoms. The van der Waals surface area contributed by atoms with Crippen LogP contribution in [-0.2, 0) is 4.79 Å². The normalized spacial score (nSPS) is 14.2. The van der Waals surface area contributed by atoms with E-state index < -0.39 is 17.4 Å². The molecule has 17 heavy (non-hydrogen) atoms. The predicted octanol–water partition coefficient (Wildman–Crippen LogP) is 1.56. The molecule has 0 aliphatic carbocycles. The van der Waals surface area contributed by atoms with E-state index in [1.807, 2.05) is 6.92 Å². The van der Waals surface area contributed by atoms with Crippen LogP contribution in [0.2, 0.25) is 0 Å². The molecule has 0 aromatic heterocycles. The fourth-order valence-corrected chi connectivity index (χ4v) is 1.20. The van der Waals surface area contributed by atoms with Gasteiger partial charge in [-0.2, -0.15) is 5.10 Å². The molecule has 2 amide bonds. The van der Waals surface area contributed by atoms with E-state index in [0.29, 0.717) is 12.8 Å². The summed E-state index contributed by atoms with van der Waals surface area (Å²) in [7, 11) is 0. The predicted molar refractivity (Wildman–Crippen MR) is 65.6 cm³/mol. The van der Waals surface area contributed by atoms with Crippen molar-refractivity contribution >= 4 is 17.7 Å². The van der Waals surface area contributed by atoms with Gasteiger partial charge in [-0.15, -0.1) is 0 Å². The fourth-order valence-electron chi connectivity index (χ4n) is 1.20. The van der Waals surface area contributed by atoms with E-state index in [1.165, 1.54) is 0 Å². The number of nitrogens with zero attached hydrogens (tertiary/aromatic N) is 1. The number of nitrogens with two attached hydrogens (primary N) is 1. The van der Waals surface area contributed by atoms with E-state index in [9.17, 15) is 9.59 Å². The summed E-state index contributed by atoms with van der Waals surface area (Å²) >= 11 is 0. The van der Waals surface area contributed by atoms with Gasteiger partial charge in [-0.05, 0) is 39.5 Å². The van der Waals surface area contributed by atoms with Gasteiger partial charge in [0.05, 0.1) is 5.41 Å². The molecule has 6 heteroatoms. The summed E-state index contributed by atoms with van der Waals surface area (Å²) in [5, 5.41) is 12.8. The van der Waals surface area contributed by atoms with Gasteiger partial charge in [0, 0.05) is 5.71 Å². The van der Waals surface area contributed by atoms with Crippen molar-refractivity contribution in [2.75, 3.05) is 0 Å². The Morgan fingerprint density at radius 1 is 1.47 bits per heavy atom. The summed E-state index contributed by atoms with van der Waals surface area (Å²) in [6, 6.07) is -0.705. The molecule has 0 aromatic rings.